The highest BCUT2D eigenvalue weighted by Crippen LogP contribution is 2.31. The Kier molecular flexibility index (Phi) is 3.62. The summed E-state index contributed by atoms with van der Waals surface area (Å²) in [7, 11) is 0. The Morgan fingerprint density at radius 1 is 1.35 bits per heavy atom. The Hall–Kier alpha value is -0.880. The van der Waals surface area contributed by atoms with Crippen molar-refractivity contribution in [2.45, 2.75) is 31.5 Å². The van der Waals surface area contributed by atoms with Crippen molar-refractivity contribution in [3.63, 3.8) is 0 Å². The van der Waals surface area contributed by atoms with Gasteiger partial charge < -0.3 is 20.1 Å². The molecule has 1 saturated heterocycles. The molecule has 3 heterocycles. The molecule has 2 aromatic heterocycles. The van der Waals surface area contributed by atoms with Gasteiger partial charge in [-0.25, -0.2) is 15.0 Å². The number of aliphatic hydroxyl groups excluding tert-OH is 3. The summed E-state index contributed by atoms with van der Waals surface area (Å²) in [6.45, 7) is 1.45. The van der Waals surface area contributed by atoms with E-state index >= 15 is 0 Å². The van der Waals surface area contributed by atoms with E-state index in [9.17, 15) is 10.2 Å². The van der Waals surface area contributed by atoms with E-state index in [1.807, 2.05) is 29.5 Å². The molecule has 9 heteroatoms. The predicted molar refractivity (Wildman–Crippen MR) is 75.8 cm³/mol. The molecule has 0 radical (unpaired) electrons. The van der Waals surface area contributed by atoms with Crippen molar-refractivity contribution in [3.05, 3.63) is 15.9 Å². The van der Waals surface area contributed by atoms with Crippen LogP contribution in [0.2, 0.25) is 0 Å². The molecule has 1 unspecified atom stereocenters. The van der Waals surface area contributed by atoms with Crippen LogP contribution in [0.25, 0.3) is 11.2 Å². The van der Waals surface area contributed by atoms with Crippen LogP contribution >= 0.6 is 22.6 Å². The molecule has 0 spiro atoms. The summed E-state index contributed by atoms with van der Waals surface area (Å²) in [6.07, 6.45) is -2.48. The molecular formula is C11H13IN4O4. The largest absolute Gasteiger partial charge is 0.394 e. The first-order chi connectivity index (χ1) is 9.52. The minimum absolute atomic E-state index is 0.368. The molecule has 0 saturated carbocycles. The highest BCUT2D eigenvalue weighted by molar-refractivity contribution is 14.1. The molecule has 1 aliphatic heterocycles. The second-order valence-electron chi connectivity index (χ2n) is 4.63. The van der Waals surface area contributed by atoms with Crippen molar-refractivity contribution in [1.29, 1.82) is 0 Å². The third-order valence-electron chi connectivity index (χ3n) is 3.36. The van der Waals surface area contributed by atoms with Crippen molar-refractivity contribution < 1.29 is 20.1 Å². The second kappa shape index (κ2) is 5.15. The van der Waals surface area contributed by atoms with Gasteiger partial charge in [-0.3, -0.25) is 4.57 Å². The average molecular weight is 392 g/mol. The van der Waals surface area contributed by atoms with Gasteiger partial charge in [0.05, 0.1) is 18.6 Å². The normalized spacial score (nSPS) is 30.2. The number of ether oxygens (including phenoxy) is 1. The van der Waals surface area contributed by atoms with Gasteiger partial charge in [0.15, 0.2) is 15.7 Å². The molecule has 1 aliphatic rings. The Labute approximate surface area is 127 Å². The number of hydrogen-bond acceptors (Lipinski definition) is 7. The number of nitrogens with zero attached hydrogens (tertiary/aromatic N) is 4. The molecule has 8 nitrogen and oxygen atoms in total. The fraction of sp³-hybridized carbons (Fsp3) is 0.545. The molecule has 2 aromatic rings. The van der Waals surface area contributed by atoms with E-state index < -0.39 is 24.5 Å². The van der Waals surface area contributed by atoms with E-state index in [0.717, 1.165) is 5.69 Å². The average Bonchev–Trinajstić information content (AvgIpc) is 2.93. The van der Waals surface area contributed by atoms with Gasteiger partial charge >= 0.3 is 0 Å². The number of aromatic nitrogens is 4. The van der Waals surface area contributed by atoms with E-state index in [1.54, 1.807) is 4.57 Å². The zero-order valence-corrected chi connectivity index (χ0v) is 12.7. The van der Waals surface area contributed by atoms with Crippen LogP contribution in [0.3, 0.4) is 0 Å². The van der Waals surface area contributed by atoms with Crippen LogP contribution < -0.4 is 0 Å². The van der Waals surface area contributed by atoms with Crippen LogP contribution in [0.1, 0.15) is 11.9 Å². The third-order valence-corrected chi connectivity index (χ3v) is 3.84. The SMILES string of the molecule is Cc1nc(I)nc2c1ncn2C1O[C@H](CO)[C@@H](O)[C@H]1O. The number of imidazole rings is 1. The number of fused-ring (bicyclic) bond motifs is 1. The summed E-state index contributed by atoms with van der Waals surface area (Å²) in [5.41, 5.74) is 1.87. The molecular weight excluding hydrogens is 379 g/mol. The Bertz CT molecular complexity index is 649. The fourth-order valence-corrected chi connectivity index (χ4v) is 2.91. The monoisotopic (exact) mass is 392 g/mol. The van der Waals surface area contributed by atoms with Crippen molar-refractivity contribution >= 4 is 33.8 Å². The van der Waals surface area contributed by atoms with Gasteiger partial charge in [0, 0.05) is 22.6 Å². The molecule has 0 aromatic carbocycles. The Morgan fingerprint density at radius 3 is 2.75 bits per heavy atom. The molecule has 3 N–H and O–H groups in total. The highest BCUT2D eigenvalue weighted by atomic mass is 127. The lowest BCUT2D eigenvalue weighted by atomic mass is 10.1. The van der Waals surface area contributed by atoms with Gasteiger partial charge in [-0.05, 0) is 6.92 Å². The van der Waals surface area contributed by atoms with E-state index in [-0.39, 0.29) is 6.61 Å². The fourth-order valence-electron chi connectivity index (χ4n) is 2.32. The summed E-state index contributed by atoms with van der Waals surface area (Å²) in [4.78, 5) is 12.7. The minimum Gasteiger partial charge on any atom is -0.394 e. The molecule has 1 fully saturated rings. The molecule has 20 heavy (non-hydrogen) atoms. The number of rotatable bonds is 2. The van der Waals surface area contributed by atoms with Gasteiger partial charge in [0.25, 0.3) is 0 Å². The van der Waals surface area contributed by atoms with Crippen molar-refractivity contribution in [2.75, 3.05) is 6.61 Å². The van der Waals surface area contributed by atoms with E-state index in [2.05, 4.69) is 15.0 Å². The first kappa shape index (κ1) is 14.1. The topological polar surface area (TPSA) is 114 Å². The maximum absolute atomic E-state index is 10.0. The number of halogens is 1. The van der Waals surface area contributed by atoms with Gasteiger partial charge in [-0.1, -0.05) is 0 Å². The first-order valence-electron chi connectivity index (χ1n) is 6.02. The van der Waals surface area contributed by atoms with E-state index in [4.69, 9.17) is 9.84 Å². The van der Waals surface area contributed by atoms with E-state index in [0.29, 0.717) is 15.0 Å². The number of aryl methyl sites for hydroxylation is 1. The van der Waals surface area contributed by atoms with E-state index in [1.165, 1.54) is 6.33 Å². The molecule has 108 valence electrons. The van der Waals surface area contributed by atoms with Crippen LogP contribution in [0, 0.1) is 10.8 Å². The lowest BCUT2D eigenvalue weighted by Crippen LogP contribution is -2.33. The Morgan fingerprint density at radius 2 is 2.10 bits per heavy atom. The van der Waals surface area contributed by atoms with Crippen LogP contribution in [-0.2, 0) is 4.74 Å². The van der Waals surface area contributed by atoms with Crippen molar-refractivity contribution in [1.82, 2.24) is 19.5 Å². The maximum atomic E-state index is 10.0. The summed E-state index contributed by atoms with van der Waals surface area (Å²) in [5.74, 6) is 0. The Balaban J connectivity index is 2.07. The second-order valence-corrected chi connectivity index (χ2v) is 5.60. The summed E-state index contributed by atoms with van der Waals surface area (Å²) < 4.78 is 7.59. The first-order valence-corrected chi connectivity index (χ1v) is 7.10. The number of hydrogen-bond donors (Lipinski definition) is 3. The predicted octanol–water partition coefficient (Wildman–Crippen LogP) is -0.649. The van der Waals surface area contributed by atoms with Gasteiger partial charge in [-0.2, -0.15) is 0 Å². The molecule has 0 amide bonds. The molecule has 3 rings (SSSR count). The highest BCUT2D eigenvalue weighted by Gasteiger charge is 2.43. The zero-order chi connectivity index (χ0) is 14.4. The van der Waals surface area contributed by atoms with Crippen LogP contribution in [-0.4, -0.2) is 59.8 Å². The standard InChI is InChI=1S/C11H13IN4O4/c1-4-6-9(15-11(12)14-4)16(3-13-6)10-8(19)7(18)5(2-17)20-10/h3,5,7-8,10,17-19H,2H2,1H3/t5-,7-,8-,10?/m1/s1. The minimum atomic E-state index is -1.16. The molecule has 0 bridgehead atoms. The lowest BCUT2D eigenvalue weighted by Gasteiger charge is -2.16. The lowest BCUT2D eigenvalue weighted by molar-refractivity contribution is -0.0511. The van der Waals surface area contributed by atoms with Crippen LogP contribution in [0.15, 0.2) is 6.33 Å². The smallest absolute Gasteiger partial charge is 0.193 e. The van der Waals surface area contributed by atoms with Crippen LogP contribution in [0.5, 0.6) is 0 Å². The van der Waals surface area contributed by atoms with Crippen LogP contribution in [0.4, 0.5) is 0 Å². The molecule has 4 atom stereocenters. The van der Waals surface area contributed by atoms with Crippen molar-refractivity contribution in [2.24, 2.45) is 0 Å². The number of aliphatic hydroxyl groups is 3. The van der Waals surface area contributed by atoms with Crippen molar-refractivity contribution in [3.8, 4) is 0 Å². The van der Waals surface area contributed by atoms with Gasteiger partial charge in [-0.15, -0.1) is 0 Å². The summed E-state index contributed by atoms with van der Waals surface area (Å²) in [5, 5.41) is 29.0. The maximum Gasteiger partial charge on any atom is 0.193 e. The quantitative estimate of drug-likeness (QED) is 0.460. The summed E-state index contributed by atoms with van der Waals surface area (Å²) >= 11 is 2.00. The van der Waals surface area contributed by atoms with Gasteiger partial charge in [0.2, 0.25) is 0 Å². The summed E-state index contributed by atoms with van der Waals surface area (Å²) in [6, 6.07) is 0. The third kappa shape index (κ3) is 2.09. The van der Waals surface area contributed by atoms with Gasteiger partial charge in [0.1, 0.15) is 23.8 Å². The zero-order valence-electron chi connectivity index (χ0n) is 10.5. The molecule has 0 aliphatic carbocycles.